The molecule has 0 heterocycles. The van der Waals surface area contributed by atoms with Gasteiger partial charge in [-0.15, -0.1) is 0 Å². The first kappa shape index (κ1) is 47.8. The van der Waals surface area contributed by atoms with Crippen molar-refractivity contribution in [3.8, 4) is 0 Å². The molecule has 0 rings (SSSR count). The highest BCUT2D eigenvalue weighted by Gasteiger charge is 2.20. The number of allylic oxidation sites excluding steroid dienone is 2. The van der Waals surface area contributed by atoms with Gasteiger partial charge >= 0.3 is 0 Å². The normalized spacial score (nSPS) is 11.4. The Bertz CT molecular complexity index is 432. The molecule has 4 nitrogen and oxygen atoms in total. The molecule has 0 aliphatic carbocycles. The van der Waals surface area contributed by atoms with Gasteiger partial charge in [0.05, 0.1) is 19.6 Å². The molecule has 0 fully saturated rings. The zero-order valence-corrected chi connectivity index (χ0v) is 28.3. The van der Waals surface area contributed by atoms with Crippen LogP contribution in [0.4, 0.5) is 0 Å². The van der Waals surface area contributed by atoms with Crippen LogP contribution in [0.1, 0.15) is 116 Å². The molecule has 0 saturated heterocycles. The number of aliphatic hydroxyl groups excluding tert-OH is 1. The summed E-state index contributed by atoms with van der Waals surface area (Å²) in [5.74, 6) is 2.20. The molecule has 0 amide bonds. The third kappa shape index (κ3) is 65.7. The monoisotopic (exact) mass is 539 g/mol. The quantitative estimate of drug-likeness (QED) is 0.112. The fourth-order valence-corrected chi connectivity index (χ4v) is 3.74. The lowest BCUT2D eigenvalue weighted by Gasteiger charge is -2.20. The Morgan fingerprint density at radius 2 is 1.49 bits per heavy atom. The minimum absolute atomic E-state index is 0.105. The maximum atomic E-state index is 7.57. The van der Waals surface area contributed by atoms with Crippen LogP contribution in [0.2, 0.25) is 0 Å². The lowest BCUT2D eigenvalue weighted by atomic mass is 10.1. The molecule has 4 N–H and O–H groups in total. The van der Waals surface area contributed by atoms with Crippen molar-refractivity contribution in [3.05, 3.63) is 24.5 Å². The van der Waals surface area contributed by atoms with Gasteiger partial charge in [0.25, 0.3) is 0 Å². The van der Waals surface area contributed by atoms with E-state index in [1.165, 1.54) is 12.8 Å². The number of hydrogen-bond acceptors (Lipinski definition) is 5. The van der Waals surface area contributed by atoms with Crippen LogP contribution in [-0.4, -0.2) is 47.9 Å². The number of hydrogen-bond donors (Lipinski definition) is 3. The predicted octanol–water partition coefficient (Wildman–Crippen LogP) is 9.24. The lowest BCUT2D eigenvalue weighted by Crippen LogP contribution is -2.25. The van der Waals surface area contributed by atoms with Crippen LogP contribution in [0.5, 0.6) is 0 Å². The number of aliphatic hydroxyl groups is 1. The van der Waals surface area contributed by atoms with E-state index in [-0.39, 0.29) is 14.2 Å². The lowest BCUT2D eigenvalue weighted by molar-refractivity contribution is 0.206. The molecule has 0 aromatic rings. The third-order valence-corrected chi connectivity index (χ3v) is 5.69. The van der Waals surface area contributed by atoms with Gasteiger partial charge in [-0.1, -0.05) is 87.3 Å². The molecule has 0 aromatic heterocycles. The number of ether oxygens (including phenoxy) is 1. The van der Waals surface area contributed by atoms with Crippen LogP contribution >= 0.6 is 19.5 Å². The third-order valence-electron chi connectivity index (χ3n) is 3.04. The number of nitrogens with two attached hydrogens (primary N) is 1. The first-order chi connectivity index (χ1) is 16.2. The molecular formula is C29H68N2O2PS+. The van der Waals surface area contributed by atoms with Crippen LogP contribution in [-0.2, 0) is 4.74 Å². The Labute approximate surface area is 228 Å². The first-order valence-electron chi connectivity index (χ1n) is 13.5. The van der Waals surface area contributed by atoms with Crippen LogP contribution in [0.25, 0.3) is 0 Å². The fraction of sp³-hybridized carbons (Fsp3) is 0.828. The smallest absolute Gasteiger partial charge is 0.175 e. The van der Waals surface area contributed by atoms with Crippen LogP contribution in [0, 0.1) is 5.92 Å². The second kappa shape index (κ2) is 38.2. The Balaban J connectivity index is -0.0000000857. The van der Waals surface area contributed by atoms with E-state index in [0.29, 0.717) is 22.5 Å². The SMILES string of the molecule is C=C/C(=C\C)OCCC(C)C.C=[P+](C)C(CCC)NSC(C)(C)C.CC.CC.CC(C)N.CCO. The van der Waals surface area contributed by atoms with E-state index < -0.39 is 0 Å². The number of nitrogens with one attached hydrogen (secondary N) is 1. The fourth-order valence-electron chi connectivity index (χ4n) is 1.56. The van der Waals surface area contributed by atoms with Crippen LogP contribution in [0.3, 0.4) is 0 Å². The second-order valence-corrected chi connectivity index (χ2v) is 12.7. The van der Waals surface area contributed by atoms with Crippen molar-refractivity contribution >= 4 is 25.8 Å². The van der Waals surface area contributed by atoms with Crippen molar-refractivity contribution in [1.29, 1.82) is 0 Å². The highest BCUT2D eigenvalue weighted by atomic mass is 32.2. The van der Waals surface area contributed by atoms with Crippen molar-refractivity contribution in [1.82, 2.24) is 4.72 Å². The molecule has 0 radical (unpaired) electrons. The molecule has 0 bridgehead atoms. The predicted molar refractivity (Wildman–Crippen MR) is 173 cm³/mol. The minimum Gasteiger partial charge on any atom is -0.494 e. The highest BCUT2D eigenvalue weighted by molar-refractivity contribution is 7.98. The van der Waals surface area contributed by atoms with E-state index in [2.05, 4.69) is 65.8 Å². The zero-order chi connectivity index (χ0) is 29.5. The average Bonchev–Trinajstić information content (AvgIpc) is 2.76. The maximum absolute atomic E-state index is 7.57. The van der Waals surface area contributed by atoms with Crippen molar-refractivity contribution < 1.29 is 9.84 Å². The molecule has 2 atom stereocenters. The van der Waals surface area contributed by atoms with Gasteiger partial charge < -0.3 is 15.6 Å². The topological polar surface area (TPSA) is 67.5 Å². The molecule has 0 aliphatic rings. The van der Waals surface area contributed by atoms with E-state index in [4.69, 9.17) is 15.6 Å². The summed E-state index contributed by atoms with van der Waals surface area (Å²) in [4.78, 5) is 0. The molecule has 0 aliphatic heterocycles. The van der Waals surface area contributed by atoms with Crippen LogP contribution < -0.4 is 10.5 Å². The van der Waals surface area contributed by atoms with Gasteiger partial charge in [-0.05, 0) is 65.2 Å². The van der Waals surface area contributed by atoms with E-state index in [9.17, 15) is 0 Å². The Morgan fingerprint density at radius 3 is 1.71 bits per heavy atom. The van der Waals surface area contributed by atoms with Gasteiger partial charge in [0.2, 0.25) is 0 Å². The Kier molecular flexibility index (Phi) is 52.2. The second-order valence-electron chi connectivity index (χ2n) is 8.88. The van der Waals surface area contributed by atoms with Crippen molar-refractivity contribution in [3.63, 3.8) is 0 Å². The summed E-state index contributed by atoms with van der Waals surface area (Å²) in [6.07, 6.45) is 11.4. The Hall–Kier alpha value is -0.320. The van der Waals surface area contributed by atoms with Crippen molar-refractivity contribution in [2.24, 2.45) is 11.7 Å². The van der Waals surface area contributed by atoms with E-state index in [0.717, 1.165) is 18.8 Å². The van der Waals surface area contributed by atoms with Crippen molar-refractivity contribution in [2.75, 3.05) is 19.9 Å². The summed E-state index contributed by atoms with van der Waals surface area (Å²) in [7, 11) is -0.105. The van der Waals surface area contributed by atoms with Gasteiger partial charge in [0.1, 0.15) is 13.3 Å². The molecular weight excluding hydrogens is 471 g/mol. The number of rotatable bonds is 10. The van der Waals surface area contributed by atoms with Gasteiger partial charge in [-0.25, -0.2) is 4.72 Å². The molecule has 0 saturated carbocycles. The van der Waals surface area contributed by atoms with Gasteiger partial charge in [0.15, 0.2) is 5.78 Å². The maximum Gasteiger partial charge on any atom is 0.175 e. The summed E-state index contributed by atoms with van der Waals surface area (Å²) < 4.78 is 9.24. The highest BCUT2D eigenvalue weighted by Crippen LogP contribution is 2.29. The molecule has 6 heteroatoms. The summed E-state index contributed by atoms with van der Waals surface area (Å²) >= 11 is 1.84. The summed E-state index contributed by atoms with van der Waals surface area (Å²) in [6.45, 7) is 35.7. The molecule has 0 spiro atoms. The molecule has 0 aromatic carbocycles. The average molecular weight is 540 g/mol. The standard InChI is InChI=1S/C10H23NPS.C10H18O.C3H9N.C2H6O.2C2H6/c1-7-8-9(12(5)6)11-13-10(2,3)4;1-5-10(6-2)11-8-7-9(3)4;1-3(2)4;1-2-3;2*1-2/h9,11H,5,7-8H2,1-4,6H3;5-6,9H,1,7-8H2,2-4H3;3H,4H2,1-2H3;3H,2H2,1H3;2*1-2H3/q+1;;;;;/b;10-6+;;;;. The van der Waals surface area contributed by atoms with Gasteiger partial charge in [0, 0.05) is 17.8 Å². The largest absolute Gasteiger partial charge is 0.494 e. The van der Waals surface area contributed by atoms with E-state index in [1.54, 1.807) is 13.0 Å². The van der Waals surface area contributed by atoms with Crippen molar-refractivity contribution in [2.45, 2.75) is 133 Å². The van der Waals surface area contributed by atoms with Gasteiger partial charge in [-0.2, -0.15) is 0 Å². The summed E-state index contributed by atoms with van der Waals surface area (Å²) in [5, 5.41) is 7.57. The summed E-state index contributed by atoms with van der Waals surface area (Å²) in [6, 6.07) is 0.333. The van der Waals surface area contributed by atoms with E-state index >= 15 is 0 Å². The van der Waals surface area contributed by atoms with E-state index in [1.807, 2.05) is 66.5 Å². The van der Waals surface area contributed by atoms with Crippen LogP contribution in [0.15, 0.2) is 24.5 Å². The summed E-state index contributed by atoms with van der Waals surface area (Å²) in [5.41, 5.74) is 5.11. The Morgan fingerprint density at radius 1 is 1.09 bits per heavy atom. The minimum atomic E-state index is -0.105. The zero-order valence-electron chi connectivity index (χ0n) is 26.6. The molecule has 216 valence electrons. The molecule has 2 unspecified atom stereocenters. The first-order valence-corrected chi connectivity index (χ1v) is 16.3. The molecule has 35 heavy (non-hydrogen) atoms. The van der Waals surface area contributed by atoms with Gasteiger partial charge in [-0.3, -0.25) is 0 Å².